The summed E-state index contributed by atoms with van der Waals surface area (Å²) in [6, 6.07) is 5.67. The fourth-order valence-electron chi connectivity index (χ4n) is 1.74. The third-order valence-corrected chi connectivity index (χ3v) is 3.06. The number of aryl methyl sites for hydroxylation is 1. The summed E-state index contributed by atoms with van der Waals surface area (Å²) < 4.78 is 2.63. The Hall–Kier alpha value is -1.36. The van der Waals surface area contributed by atoms with Gasteiger partial charge < -0.3 is 9.67 Å². The standard InChI is InChI=1S/C11H11BrN2O2/c1-2-9-13-11-7(12)4-3-5-8(11)14(9)6-10(15)16/h3-5H,2,6H2,1H3,(H,15,16). The van der Waals surface area contributed by atoms with Gasteiger partial charge in [-0.3, -0.25) is 4.79 Å². The van der Waals surface area contributed by atoms with Gasteiger partial charge in [-0.2, -0.15) is 0 Å². The van der Waals surface area contributed by atoms with E-state index < -0.39 is 5.97 Å². The van der Waals surface area contributed by atoms with Gasteiger partial charge in [0.15, 0.2) is 0 Å². The molecular formula is C11H11BrN2O2. The minimum Gasteiger partial charge on any atom is -0.480 e. The molecule has 1 heterocycles. The highest BCUT2D eigenvalue weighted by Gasteiger charge is 2.13. The smallest absolute Gasteiger partial charge is 0.323 e. The van der Waals surface area contributed by atoms with E-state index in [0.717, 1.165) is 21.3 Å². The van der Waals surface area contributed by atoms with Crippen molar-refractivity contribution in [2.24, 2.45) is 0 Å². The zero-order chi connectivity index (χ0) is 11.7. The van der Waals surface area contributed by atoms with Crippen LogP contribution in [0.25, 0.3) is 11.0 Å². The lowest BCUT2D eigenvalue weighted by Crippen LogP contribution is -2.11. The zero-order valence-corrected chi connectivity index (χ0v) is 10.4. The van der Waals surface area contributed by atoms with Gasteiger partial charge in [0.1, 0.15) is 17.9 Å². The number of rotatable bonds is 3. The van der Waals surface area contributed by atoms with Crippen LogP contribution in [0.15, 0.2) is 22.7 Å². The third kappa shape index (κ3) is 1.82. The summed E-state index contributed by atoms with van der Waals surface area (Å²) in [6.07, 6.45) is 0.717. The number of carboxylic acids is 1. The van der Waals surface area contributed by atoms with E-state index in [9.17, 15) is 4.79 Å². The third-order valence-electron chi connectivity index (χ3n) is 2.42. The van der Waals surface area contributed by atoms with Crippen molar-refractivity contribution in [1.82, 2.24) is 9.55 Å². The fraction of sp³-hybridized carbons (Fsp3) is 0.273. The molecule has 0 saturated carbocycles. The first kappa shape index (κ1) is 11.1. The summed E-state index contributed by atoms with van der Waals surface area (Å²) >= 11 is 3.42. The van der Waals surface area contributed by atoms with Gasteiger partial charge in [-0.05, 0) is 28.1 Å². The number of imidazole rings is 1. The van der Waals surface area contributed by atoms with E-state index in [0.29, 0.717) is 6.42 Å². The molecule has 4 nitrogen and oxygen atoms in total. The highest BCUT2D eigenvalue weighted by Crippen LogP contribution is 2.24. The molecule has 1 N–H and O–H groups in total. The average Bonchev–Trinajstić information content (AvgIpc) is 2.58. The number of halogens is 1. The number of aliphatic carboxylic acids is 1. The Balaban J connectivity index is 2.68. The number of hydrogen-bond donors (Lipinski definition) is 1. The van der Waals surface area contributed by atoms with E-state index in [1.165, 1.54) is 0 Å². The molecule has 16 heavy (non-hydrogen) atoms. The van der Waals surface area contributed by atoms with Crippen LogP contribution in [0.2, 0.25) is 0 Å². The molecule has 84 valence electrons. The number of carbonyl (C=O) groups is 1. The van der Waals surface area contributed by atoms with Crippen molar-refractivity contribution in [1.29, 1.82) is 0 Å². The van der Waals surface area contributed by atoms with E-state index in [1.54, 1.807) is 4.57 Å². The zero-order valence-electron chi connectivity index (χ0n) is 8.77. The molecule has 0 aliphatic heterocycles. The van der Waals surface area contributed by atoms with Gasteiger partial charge in [0.2, 0.25) is 0 Å². The summed E-state index contributed by atoms with van der Waals surface area (Å²) in [5.74, 6) is -0.0572. The highest BCUT2D eigenvalue weighted by molar-refractivity contribution is 9.10. The van der Waals surface area contributed by atoms with Crippen molar-refractivity contribution in [2.75, 3.05) is 0 Å². The number of nitrogens with zero attached hydrogens (tertiary/aromatic N) is 2. The van der Waals surface area contributed by atoms with Crippen LogP contribution in [0, 0.1) is 0 Å². The minimum atomic E-state index is -0.853. The van der Waals surface area contributed by atoms with E-state index >= 15 is 0 Å². The molecule has 0 aliphatic rings. The molecule has 0 saturated heterocycles. The van der Waals surface area contributed by atoms with Crippen LogP contribution in [0.4, 0.5) is 0 Å². The second kappa shape index (κ2) is 4.25. The summed E-state index contributed by atoms with van der Waals surface area (Å²) in [4.78, 5) is 15.2. The molecule has 0 atom stereocenters. The summed E-state index contributed by atoms with van der Waals surface area (Å²) in [5.41, 5.74) is 1.68. The van der Waals surface area contributed by atoms with E-state index in [1.807, 2.05) is 25.1 Å². The Morgan fingerprint density at radius 2 is 2.31 bits per heavy atom. The van der Waals surface area contributed by atoms with Crippen LogP contribution in [0.3, 0.4) is 0 Å². The number of hydrogen-bond acceptors (Lipinski definition) is 2. The van der Waals surface area contributed by atoms with Crippen LogP contribution < -0.4 is 0 Å². The lowest BCUT2D eigenvalue weighted by Gasteiger charge is -2.03. The van der Waals surface area contributed by atoms with E-state index in [-0.39, 0.29) is 6.54 Å². The number of para-hydroxylation sites is 1. The molecule has 0 spiro atoms. The average molecular weight is 283 g/mol. The first-order valence-corrected chi connectivity index (χ1v) is 5.78. The predicted octanol–water partition coefficient (Wildman–Crippen LogP) is 2.45. The molecule has 2 aromatic rings. The second-order valence-corrected chi connectivity index (χ2v) is 4.32. The Morgan fingerprint density at radius 3 is 2.94 bits per heavy atom. The highest BCUT2D eigenvalue weighted by atomic mass is 79.9. The normalized spacial score (nSPS) is 10.9. The minimum absolute atomic E-state index is 0.0455. The quantitative estimate of drug-likeness (QED) is 0.941. The Morgan fingerprint density at radius 1 is 1.56 bits per heavy atom. The van der Waals surface area contributed by atoms with Crippen molar-refractivity contribution < 1.29 is 9.90 Å². The van der Waals surface area contributed by atoms with Gasteiger partial charge in [-0.25, -0.2) is 4.98 Å². The number of benzene rings is 1. The predicted molar refractivity (Wildman–Crippen MR) is 64.4 cm³/mol. The van der Waals surface area contributed by atoms with Crippen molar-refractivity contribution in [3.8, 4) is 0 Å². The molecule has 0 bridgehead atoms. The first-order valence-electron chi connectivity index (χ1n) is 4.99. The Kier molecular flexibility index (Phi) is 2.96. The molecule has 0 amide bonds. The first-order chi connectivity index (χ1) is 7.63. The lowest BCUT2D eigenvalue weighted by molar-refractivity contribution is -0.137. The summed E-state index contributed by atoms with van der Waals surface area (Å²) in [5, 5.41) is 8.87. The summed E-state index contributed by atoms with van der Waals surface area (Å²) in [7, 11) is 0. The molecule has 1 aromatic carbocycles. The summed E-state index contributed by atoms with van der Waals surface area (Å²) in [6.45, 7) is 1.92. The number of aromatic nitrogens is 2. The second-order valence-electron chi connectivity index (χ2n) is 3.47. The maximum Gasteiger partial charge on any atom is 0.323 e. The van der Waals surface area contributed by atoms with Gasteiger partial charge in [-0.1, -0.05) is 13.0 Å². The Labute approximate surface area is 101 Å². The van der Waals surface area contributed by atoms with Crippen LogP contribution in [0.5, 0.6) is 0 Å². The molecule has 1 aromatic heterocycles. The molecule has 0 unspecified atom stereocenters. The van der Waals surface area contributed by atoms with Crippen molar-refractivity contribution in [3.05, 3.63) is 28.5 Å². The van der Waals surface area contributed by atoms with Crippen LogP contribution >= 0.6 is 15.9 Å². The van der Waals surface area contributed by atoms with Gasteiger partial charge >= 0.3 is 5.97 Å². The molecule has 5 heteroatoms. The lowest BCUT2D eigenvalue weighted by atomic mass is 10.3. The number of fused-ring (bicyclic) bond motifs is 1. The molecule has 2 rings (SSSR count). The maximum absolute atomic E-state index is 10.8. The van der Waals surface area contributed by atoms with Crippen molar-refractivity contribution >= 4 is 32.9 Å². The van der Waals surface area contributed by atoms with Crippen LogP contribution in [-0.4, -0.2) is 20.6 Å². The monoisotopic (exact) mass is 282 g/mol. The van der Waals surface area contributed by atoms with Gasteiger partial charge in [0.25, 0.3) is 0 Å². The largest absolute Gasteiger partial charge is 0.480 e. The van der Waals surface area contributed by atoms with Crippen molar-refractivity contribution in [3.63, 3.8) is 0 Å². The van der Waals surface area contributed by atoms with E-state index in [4.69, 9.17) is 5.11 Å². The maximum atomic E-state index is 10.8. The molecular weight excluding hydrogens is 272 g/mol. The molecule has 0 fully saturated rings. The topological polar surface area (TPSA) is 55.1 Å². The SMILES string of the molecule is CCc1nc2c(Br)cccc2n1CC(=O)O. The van der Waals surface area contributed by atoms with Crippen LogP contribution in [-0.2, 0) is 17.8 Å². The Bertz CT molecular complexity index is 548. The molecule has 0 radical (unpaired) electrons. The van der Waals surface area contributed by atoms with Gasteiger partial charge in [-0.15, -0.1) is 0 Å². The number of carboxylic acid groups (broad SMARTS) is 1. The fourth-order valence-corrected chi connectivity index (χ4v) is 2.19. The van der Waals surface area contributed by atoms with Crippen molar-refractivity contribution in [2.45, 2.75) is 19.9 Å². The van der Waals surface area contributed by atoms with Gasteiger partial charge in [0.05, 0.1) is 5.52 Å². The molecule has 0 aliphatic carbocycles. The van der Waals surface area contributed by atoms with E-state index in [2.05, 4.69) is 20.9 Å². The van der Waals surface area contributed by atoms with Crippen LogP contribution in [0.1, 0.15) is 12.7 Å². The van der Waals surface area contributed by atoms with Gasteiger partial charge in [0, 0.05) is 10.9 Å².